The molecule has 0 bridgehead atoms. The second-order valence-corrected chi connectivity index (χ2v) is 6.80. The number of halogens is 1. The fraction of sp³-hybridized carbons (Fsp3) is 0.474. The van der Waals surface area contributed by atoms with Gasteiger partial charge >= 0.3 is 0 Å². The molecule has 1 amide bonds. The Morgan fingerprint density at radius 2 is 2.28 bits per heavy atom. The van der Waals surface area contributed by atoms with Crippen LogP contribution in [0.3, 0.4) is 0 Å². The molecule has 1 unspecified atom stereocenters. The van der Waals surface area contributed by atoms with Crippen molar-refractivity contribution in [1.82, 2.24) is 10.1 Å². The van der Waals surface area contributed by atoms with Crippen LogP contribution in [0.2, 0.25) is 0 Å². The zero-order valence-corrected chi connectivity index (χ0v) is 14.6. The summed E-state index contributed by atoms with van der Waals surface area (Å²) in [7, 11) is 0. The third kappa shape index (κ3) is 4.38. The number of rotatable bonds is 5. The number of amides is 1. The van der Waals surface area contributed by atoms with Gasteiger partial charge in [0.05, 0.1) is 12.3 Å². The Morgan fingerprint density at radius 3 is 3.00 bits per heavy atom. The van der Waals surface area contributed by atoms with Crippen LogP contribution < -0.4 is 4.74 Å². The van der Waals surface area contributed by atoms with Crippen LogP contribution in [0.1, 0.15) is 48.9 Å². The molecule has 0 spiro atoms. The van der Waals surface area contributed by atoms with Crippen LogP contribution in [0.15, 0.2) is 34.9 Å². The monoisotopic (exact) mass is 346 g/mol. The van der Waals surface area contributed by atoms with Crippen LogP contribution in [0, 0.1) is 11.7 Å². The van der Waals surface area contributed by atoms with Crippen molar-refractivity contribution in [2.24, 2.45) is 5.92 Å². The van der Waals surface area contributed by atoms with E-state index in [1.165, 1.54) is 12.1 Å². The molecule has 1 aromatic carbocycles. The molecule has 134 valence electrons. The summed E-state index contributed by atoms with van der Waals surface area (Å²) in [6, 6.07) is 7.83. The lowest BCUT2D eigenvalue weighted by Gasteiger charge is -2.32. The first-order valence-corrected chi connectivity index (χ1v) is 8.67. The number of benzene rings is 1. The number of hydrogen-bond donors (Lipinski definition) is 0. The summed E-state index contributed by atoms with van der Waals surface area (Å²) in [4.78, 5) is 14.4. The van der Waals surface area contributed by atoms with Crippen molar-refractivity contribution in [1.29, 1.82) is 0 Å². The van der Waals surface area contributed by atoms with E-state index in [0.717, 1.165) is 18.5 Å². The van der Waals surface area contributed by atoms with Gasteiger partial charge in [-0.2, -0.15) is 0 Å². The number of hydrogen-bond acceptors (Lipinski definition) is 4. The Hall–Kier alpha value is -2.37. The number of carbonyl (C=O) groups excluding carboxylic acids is 1. The Morgan fingerprint density at radius 1 is 1.44 bits per heavy atom. The van der Waals surface area contributed by atoms with Crippen molar-refractivity contribution in [3.05, 3.63) is 47.6 Å². The van der Waals surface area contributed by atoms with Crippen LogP contribution in [0.5, 0.6) is 5.75 Å². The average molecular weight is 346 g/mol. The predicted molar refractivity (Wildman–Crippen MR) is 91.1 cm³/mol. The molecule has 2 aromatic rings. The van der Waals surface area contributed by atoms with Crippen LogP contribution in [0.4, 0.5) is 4.39 Å². The van der Waals surface area contributed by atoms with E-state index < -0.39 is 0 Å². The van der Waals surface area contributed by atoms with Crippen molar-refractivity contribution in [3.8, 4) is 5.75 Å². The minimum Gasteiger partial charge on any atom is -0.493 e. The molecule has 3 rings (SSSR count). The molecule has 0 saturated carbocycles. The molecule has 1 aliphatic rings. The lowest BCUT2D eigenvalue weighted by Crippen LogP contribution is -2.41. The zero-order valence-electron chi connectivity index (χ0n) is 14.6. The van der Waals surface area contributed by atoms with Gasteiger partial charge in [0.25, 0.3) is 5.91 Å². The minimum atomic E-state index is -0.316. The number of carbonyl (C=O) groups is 1. The van der Waals surface area contributed by atoms with E-state index in [1.54, 1.807) is 23.1 Å². The highest BCUT2D eigenvalue weighted by Gasteiger charge is 2.27. The molecule has 1 atom stereocenters. The molecule has 25 heavy (non-hydrogen) atoms. The van der Waals surface area contributed by atoms with Gasteiger partial charge in [-0.25, -0.2) is 4.39 Å². The quantitative estimate of drug-likeness (QED) is 0.825. The van der Waals surface area contributed by atoms with Crippen molar-refractivity contribution in [2.45, 2.75) is 32.6 Å². The molecule has 1 aliphatic heterocycles. The van der Waals surface area contributed by atoms with Gasteiger partial charge in [0.15, 0.2) is 0 Å². The van der Waals surface area contributed by atoms with Crippen molar-refractivity contribution in [2.75, 3.05) is 19.7 Å². The van der Waals surface area contributed by atoms with Crippen LogP contribution in [-0.4, -0.2) is 35.7 Å². The van der Waals surface area contributed by atoms with Crippen molar-refractivity contribution < 1.29 is 18.4 Å². The maximum absolute atomic E-state index is 13.2. The number of piperidine rings is 1. The van der Waals surface area contributed by atoms with Gasteiger partial charge in [0.2, 0.25) is 5.76 Å². The van der Waals surface area contributed by atoms with Gasteiger partial charge in [0, 0.05) is 31.1 Å². The first kappa shape index (κ1) is 17.5. The zero-order chi connectivity index (χ0) is 17.8. The van der Waals surface area contributed by atoms with E-state index in [-0.39, 0.29) is 29.3 Å². The van der Waals surface area contributed by atoms with Gasteiger partial charge in [-0.3, -0.25) is 4.79 Å². The molecular formula is C19H23FN2O3. The Bertz CT molecular complexity index is 729. The molecule has 5 nitrogen and oxygen atoms in total. The van der Waals surface area contributed by atoms with E-state index in [1.807, 2.05) is 13.8 Å². The van der Waals surface area contributed by atoms with Crippen LogP contribution in [-0.2, 0) is 0 Å². The molecular weight excluding hydrogens is 323 g/mol. The van der Waals surface area contributed by atoms with Crippen LogP contribution >= 0.6 is 0 Å². The summed E-state index contributed by atoms with van der Waals surface area (Å²) >= 11 is 0. The largest absolute Gasteiger partial charge is 0.493 e. The molecule has 1 saturated heterocycles. The summed E-state index contributed by atoms with van der Waals surface area (Å²) in [5, 5.41) is 3.95. The highest BCUT2D eigenvalue weighted by molar-refractivity contribution is 5.91. The summed E-state index contributed by atoms with van der Waals surface area (Å²) in [5.74, 6) is 0.794. The summed E-state index contributed by atoms with van der Waals surface area (Å²) in [6.07, 6.45) is 1.89. The Labute approximate surface area is 146 Å². The van der Waals surface area contributed by atoms with Gasteiger partial charge in [-0.1, -0.05) is 25.1 Å². The summed E-state index contributed by atoms with van der Waals surface area (Å²) < 4.78 is 24.1. The van der Waals surface area contributed by atoms with Crippen molar-refractivity contribution in [3.63, 3.8) is 0 Å². The lowest BCUT2D eigenvalue weighted by molar-refractivity contribution is 0.0593. The fourth-order valence-electron chi connectivity index (χ4n) is 2.97. The van der Waals surface area contributed by atoms with Gasteiger partial charge < -0.3 is 14.2 Å². The Kier molecular flexibility index (Phi) is 5.36. The molecule has 1 fully saturated rings. The maximum atomic E-state index is 13.2. The third-order valence-electron chi connectivity index (χ3n) is 4.42. The lowest BCUT2D eigenvalue weighted by atomic mass is 9.98. The average Bonchev–Trinajstić information content (AvgIpc) is 3.10. The van der Waals surface area contributed by atoms with Crippen molar-refractivity contribution >= 4 is 5.91 Å². The smallest absolute Gasteiger partial charge is 0.292 e. The summed E-state index contributed by atoms with van der Waals surface area (Å²) in [5.41, 5.74) is 0.784. The number of ether oxygens (including phenoxy) is 1. The molecule has 0 N–H and O–H groups in total. The third-order valence-corrected chi connectivity index (χ3v) is 4.42. The van der Waals surface area contributed by atoms with Gasteiger partial charge in [0.1, 0.15) is 11.6 Å². The number of aromatic nitrogens is 1. The van der Waals surface area contributed by atoms with E-state index in [9.17, 15) is 9.18 Å². The second kappa shape index (κ2) is 7.68. The Balaban J connectivity index is 1.57. The van der Waals surface area contributed by atoms with E-state index >= 15 is 0 Å². The van der Waals surface area contributed by atoms with E-state index in [2.05, 4.69) is 5.16 Å². The predicted octanol–water partition coefficient (Wildman–Crippen LogP) is 3.87. The number of likely N-dealkylation sites (tertiary alicyclic amines) is 1. The molecule has 0 aliphatic carbocycles. The first-order chi connectivity index (χ1) is 12.0. The maximum Gasteiger partial charge on any atom is 0.292 e. The van der Waals surface area contributed by atoms with E-state index in [0.29, 0.717) is 25.4 Å². The number of nitrogens with zero attached hydrogens (tertiary/aromatic N) is 2. The normalized spacial score (nSPS) is 17.8. The molecule has 6 heteroatoms. The SMILES string of the molecule is CC(C)c1cc(C(=O)N2CCCC(COc3cccc(F)c3)C2)on1. The molecule has 2 heterocycles. The highest BCUT2D eigenvalue weighted by atomic mass is 19.1. The molecule has 0 radical (unpaired) electrons. The van der Waals surface area contributed by atoms with Gasteiger partial charge in [-0.05, 0) is 30.9 Å². The summed E-state index contributed by atoms with van der Waals surface area (Å²) in [6.45, 7) is 5.78. The topological polar surface area (TPSA) is 55.6 Å². The highest BCUT2D eigenvalue weighted by Crippen LogP contribution is 2.22. The van der Waals surface area contributed by atoms with Gasteiger partial charge in [-0.15, -0.1) is 0 Å². The fourth-order valence-corrected chi connectivity index (χ4v) is 2.97. The van der Waals surface area contributed by atoms with E-state index in [4.69, 9.17) is 9.26 Å². The molecule has 1 aromatic heterocycles. The second-order valence-electron chi connectivity index (χ2n) is 6.80. The van der Waals surface area contributed by atoms with Crippen LogP contribution in [0.25, 0.3) is 0 Å². The standard InChI is InChI=1S/C19H23FN2O3/c1-13(2)17-10-18(25-21-17)19(23)22-8-4-5-14(11-22)12-24-16-7-3-6-15(20)9-16/h3,6-7,9-10,13-14H,4-5,8,11-12H2,1-2H3. The first-order valence-electron chi connectivity index (χ1n) is 8.67. The minimum absolute atomic E-state index is 0.130.